The van der Waals surface area contributed by atoms with Gasteiger partial charge in [-0.15, -0.1) is 0 Å². The van der Waals surface area contributed by atoms with Crippen LogP contribution in [-0.2, 0) is 16.1 Å². The summed E-state index contributed by atoms with van der Waals surface area (Å²) in [5.74, 6) is -0.323. The molecule has 1 N–H and O–H groups in total. The Balaban J connectivity index is 1.65. The molecule has 2 aliphatic heterocycles. The fourth-order valence-electron chi connectivity index (χ4n) is 2.59. The largest absolute Gasteiger partial charge is 0.454 e. The van der Waals surface area contributed by atoms with E-state index >= 15 is 0 Å². The van der Waals surface area contributed by atoms with Crippen LogP contribution in [0, 0.1) is 5.92 Å². The number of unbranched alkanes of at least 4 members (excludes halogenated alkanes) is 1. The summed E-state index contributed by atoms with van der Waals surface area (Å²) in [5, 5.41) is 2.74. The summed E-state index contributed by atoms with van der Waals surface area (Å²) in [6.45, 7) is 3.08. The highest BCUT2D eigenvalue weighted by Gasteiger charge is 2.36. The maximum absolute atomic E-state index is 12.5. The standard InChI is InChI=1S/C17H19N3O4S/c1-2-3-6-20-16(22)12(15(21)19-17(20)25)9-18-8-11-4-5-13-14(7-11)24-10-23-13/h4-5,7,9,12H,2-3,6,8,10H2,1H3,(H,19,21,25)/t12-/m1/s1. The molecule has 0 saturated carbocycles. The summed E-state index contributed by atoms with van der Waals surface area (Å²) >= 11 is 5.09. The molecule has 0 spiro atoms. The van der Waals surface area contributed by atoms with Crippen molar-refractivity contribution in [2.75, 3.05) is 13.3 Å². The first kappa shape index (κ1) is 17.3. The highest BCUT2D eigenvalue weighted by atomic mass is 32.1. The van der Waals surface area contributed by atoms with Gasteiger partial charge in [0, 0.05) is 12.8 Å². The van der Waals surface area contributed by atoms with E-state index in [4.69, 9.17) is 21.7 Å². The van der Waals surface area contributed by atoms with Crippen molar-refractivity contribution in [3.05, 3.63) is 23.8 Å². The van der Waals surface area contributed by atoms with Crippen molar-refractivity contribution in [1.29, 1.82) is 0 Å². The number of fused-ring (bicyclic) bond motifs is 1. The summed E-state index contributed by atoms with van der Waals surface area (Å²) in [4.78, 5) is 30.3. The van der Waals surface area contributed by atoms with Gasteiger partial charge >= 0.3 is 0 Å². The Bertz CT molecular complexity index is 735. The summed E-state index contributed by atoms with van der Waals surface area (Å²) in [7, 11) is 0. The van der Waals surface area contributed by atoms with Crippen LogP contribution in [0.3, 0.4) is 0 Å². The molecule has 1 aromatic rings. The zero-order valence-corrected chi connectivity index (χ0v) is 14.7. The van der Waals surface area contributed by atoms with Gasteiger partial charge in [0.2, 0.25) is 18.6 Å². The molecule has 0 bridgehead atoms. The minimum Gasteiger partial charge on any atom is -0.454 e. The topological polar surface area (TPSA) is 80.2 Å². The molecule has 8 heteroatoms. The lowest BCUT2D eigenvalue weighted by Gasteiger charge is -2.30. The van der Waals surface area contributed by atoms with Crippen LogP contribution in [-0.4, -0.2) is 41.4 Å². The Morgan fingerprint density at radius 3 is 2.96 bits per heavy atom. The van der Waals surface area contributed by atoms with Gasteiger partial charge in [0.1, 0.15) is 0 Å². The Labute approximate surface area is 151 Å². The summed E-state index contributed by atoms with van der Waals surface area (Å²) < 4.78 is 10.6. The molecule has 2 amide bonds. The van der Waals surface area contributed by atoms with Crippen LogP contribution in [0.2, 0.25) is 0 Å². The molecule has 0 unspecified atom stereocenters. The number of benzene rings is 1. The lowest BCUT2D eigenvalue weighted by Crippen LogP contribution is -2.58. The Kier molecular flexibility index (Phi) is 5.28. The number of carbonyl (C=O) groups excluding carboxylic acids is 2. The summed E-state index contributed by atoms with van der Waals surface area (Å²) in [6, 6.07) is 5.53. The number of rotatable bonds is 6. The summed E-state index contributed by atoms with van der Waals surface area (Å²) in [5.41, 5.74) is 0.905. The van der Waals surface area contributed by atoms with Crippen molar-refractivity contribution >= 4 is 35.4 Å². The first-order valence-electron chi connectivity index (χ1n) is 8.15. The molecule has 0 aromatic heterocycles. The Hall–Kier alpha value is -2.48. The lowest BCUT2D eigenvalue weighted by atomic mass is 10.1. The molecule has 1 fully saturated rings. The molecule has 0 aliphatic carbocycles. The third-order valence-corrected chi connectivity index (χ3v) is 4.31. The van der Waals surface area contributed by atoms with Gasteiger partial charge in [-0.05, 0) is 36.3 Å². The molecule has 2 heterocycles. The number of hydrogen-bond donors (Lipinski definition) is 1. The second kappa shape index (κ2) is 7.60. The van der Waals surface area contributed by atoms with E-state index in [1.807, 2.05) is 25.1 Å². The van der Waals surface area contributed by atoms with Gasteiger partial charge in [-0.1, -0.05) is 19.4 Å². The van der Waals surface area contributed by atoms with E-state index in [9.17, 15) is 9.59 Å². The van der Waals surface area contributed by atoms with Crippen molar-refractivity contribution in [1.82, 2.24) is 10.2 Å². The van der Waals surface area contributed by atoms with Crippen LogP contribution in [0.15, 0.2) is 23.2 Å². The van der Waals surface area contributed by atoms with Crippen LogP contribution in [0.25, 0.3) is 0 Å². The maximum atomic E-state index is 12.5. The zero-order valence-electron chi connectivity index (χ0n) is 13.9. The van der Waals surface area contributed by atoms with Crippen molar-refractivity contribution in [3.8, 4) is 11.5 Å². The molecule has 0 radical (unpaired) electrons. The number of hydrogen-bond acceptors (Lipinski definition) is 6. The minimum absolute atomic E-state index is 0.170. The molecular formula is C17H19N3O4S. The third-order valence-electron chi connectivity index (χ3n) is 3.99. The van der Waals surface area contributed by atoms with Crippen molar-refractivity contribution in [3.63, 3.8) is 0 Å². The van der Waals surface area contributed by atoms with E-state index in [1.165, 1.54) is 11.1 Å². The van der Waals surface area contributed by atoms with Gasteiger partial charge in [0.25, 0.3) is 0 Å². The van der Waals surface area contributed by atoms with Crippen LogP contribution >= 0.6 is 12.2 Å². The van der Waals surface area contributed by atoms with Crippen LogP contribution < -0.4 is 14.8 Å². The van der Waals surface area contributed by atoms with Crippen molar-refractivity contribution < 1.29 is 19.1 Å². The average Bonchev–Trinajstić information content (AvgIpc) is 3.05. The monoisotopic (exact) mass is 361 g/mol. The van der Waals surface area contributed by atoms with E-state index in [0.29, 0.717) is 24.6 Å². The SMILES string of the molecule is CCCCN1C(=O)[C@H](C=NCc2ccc3c(c2)OCO3)C(=O)NC1=S. The Morgan fingerprint density at radius 1 is 1.36 bits per heavy atom. The average molecular weight is 361 g/mol. The maximum Gasteiger partial charge on any atom is 0.246 e. The predicted molar refractivity (Wildman–Crippen MR) is 95.6 cm³/mol. The minimum atomic E-state index is -0.947. The van der Waals surface area contributed by atoms with Crippen molar-refractivity contribution in [2.45, 2.75) is 26.3 Å². The van der Waals surface area contributed by atoms with Gasteiger partial charge in [-0.25, -0.2) is 0 Å². The number of ether oxygens (including phenoxy) is 2. The molecule has 132 valence electrons. The van der Waals surface area contributed by atoms with Gasteiger partial charge in [-0.3, -0.25) is 19.5 Å². The predicted octanol–water partition coefficient (Wildman–Crippen LogP) is 1.65. The smallest absolute Gasteiger partial charge is 0.246 e. The number of nitrogens with one attached hydrogen (secondary N) is 1. The molecule has 7 nitrogen and oxygen atoms in total. The van der Waals surface area contributed by atoms with Gasteiger partial charge in [0.15, 0.2) is 22.5 Å². The normalized spacial score (nSPS) is 19.6. The van der Waals surface area contributed by atoms with Crippen LogP contribution in [0.1, 0.15) is 25.3 Å². The second-order valence-electron chi connectivity index (χ2n) is 5.79. The number of amides is 2. The highest BCUT2D eigenvalue weighted by molar-refractivity contribution is 7.80. The van der Waals surface area contributed by atoms with E-state index in [1.54, 1.807) is 0 Å². The number of nitrogens with zero attached hydrogens (tertiary/aromatic N) is 2. The molecule has 1 aromatic carbocycles. The number of carbonyl (C=O) groups is 2. The van der Waals surface area contributed by atoms with Crippen LogP contribution in [0.5, 0.6) is 11.5 Å². The third kappa shape index (κ3) is 3.79. The fraction of sp³-hybridized carbons (Fsp3) is 0.412. The zero-order chi connectivity index (χ0) is 17.8. The van der Waals surface area contributed by atoms with E-state index in [-0.39, 0.29) is 17.8 Å². The highest BCUT2D eigenvalue weighted by Crippen LogP contribution is 2.32. The van der Waals surface area contributed by atoms with E-state index < -0.39 is 11.8 Å². The first-order chi connectivity index (χ1) is 12.1. The molecule has 1 atom stereocenters. The van der Waals surface area contributed by atoms with Crippen molar-refractivity contribution in [2.24, 2.45) is 10.9 Å². The van der Waals surface area contributed by atoms with Gasteiger partial charge in [0.05, 0.1) is 6.54 Å². The number of thiocarbonyl (C=S) groups is 1. The second-order valence-corrected chi connectivity index (χ2v) is 6.18. The van der Waals surface area contributed by atoms with Gasteiger partial charge < -0.3 is 14.8 Å². The molecule has 25 heavy (non-hydrogen) atoms. The molecule has 1 saturated heterocycles. The van der Waals surface area contributed by atoms with E-state index in [0.717, 1.165) is 18.4 Å². The first-order valence-corrected chi connectivity index (χ1v) is 8.55. The number of aliphatic imine (C=N–C) groups is 1. The van der Waals surface area contributed by atoms with E-state index in [2.05, 4.69) is 10.3 Å². The quantitative estimate of drug-likeness (QED) is 0.473. The molecule has 2 aliphatic rings. The van der Waals surface area contributed by atoms with Crippen LogP contribution in [0.4, 0.5) is 0 Å². The molecular weight excluding hydrogens is 342 g/mol. The Morgan fingerprint density at radius 2 is 2.16 bits per heavy atom. The molecule has 3 rings (SSSR count). The van der Waals surface area contributed by atoms with Gasteiger partial charge in [-0.2, -0.15) is 0 Å². The fourth-order valence-corrected chi connectivity index (χ4v) is 2.87. The lowest BCUT2D eigenvalue weighted by molar-refractivity contribution is -0.137. The summed E-state index contributed by atoms with van der Waals surface area (Å²) in [6.07, 6.45) is 3.15.